The molecule has 1 heterocycles. The average Bonchev–Trinajstić information content (AvgIpc) is 2.38. The van der Waals surface area contributed by atoms with Gasteiger partial charge in [-0.05, 0) is 44.4 Å². The maximum Gasteiger partial charge on any atom is 0.175 e. The summed E-state index contributed by atoms with van der Waals surface area (Å²) in [4.78, 5) is 0.369. The summed E-state index contributed by atoms with van der Waals surface area (Å²) in [6.07, 6.45) is 3.58. The molecule has 0 amide bonds. The van der Waals surface area contributed by atoms with Crippen molar-refractivity contribution in [3.8, 4) is 0 Å². The first-order valence-electron chi connectivity index (χ1n) is 7.04. The van der Waals surface area contributed by atoms with Crippen LogP contribution in [0.15, 0.2) is 29.2 Å². The monoisotopic (exact) mass is 297 g/mol. The minimum atomic E-state index is -3.12. The van der Waals surface area contributed by atoms with Crippen molar-refractivity contribution < 1.29 is 13.2 Å². The Morgan fingerprint density at radius 2 is 1.95 bits per heavy atom. The number of sulfone groups is 1. The number of rotatable bonds is 4. The number of ether oxygens (including phenoxy) is 1. The second-order valence-electron chi connectivity index (χ2n) is 5.63. The SMILES string of the molecule is CC1CC(NC(C)c2ccc(S(C)(=O)=O)cc2)CCO1. The molecular formula is C15H23NO3S. The van der Waals surface area contributed by atoms with Crippen LogP contribution >= 0.6 is 0 Å². The summed E-state index contributed by atoms with van der Waals surface area (Å²) >= 11 is 0. The predicted octanol–water partition coefficient (Wildman–Crippen LogP) is 2.31. The van der Waals surface area contributed by atoms with Gasteiger partial charge < -0.3 is 10.1 Å². The van der Waals surface area contributed by atoms with Crippen molar-refractivity contribution in [3.63, 3.8) is 0 Å². The van der Waals surface area contributed by atoms with Crippen LogP contribution in [0.4, 0.5) is 0 Å². The van der Waals surface area contributed by atoms with E-state index in [4.69, 9.17) is 4.74 Å². The molecule has 4 nitrogen and oxygen atoms in total. The van der Waals surface area contributed by atoms with Crippen LogP contribution in [0.2, 0.25) is 0 Å². The lowest BCUT2D eigenvalue weighted by molar-refractivity contribution is 0.0116. The second-order valence-corrected chi connectivity index (χ2v) is 7.65. The Kier molecular flexibility index (Phi) is 4.83. The lowest BCUT2D eigenvalue weighted by atomic mass is 10.0. The van der Waals surface area contributed by atoms with Gasteiger partial charge in [-0.2, -0.15) is 0 Å². The second kappa shape index (κ2) is 6.24. The van der Waals surface area contributed by atoms with E-state index in [9.17, 15) is 8.42 Å². The predicted molar refractivity (Wildman–Crippen MR) is 79.5 cm³/mol. The fraction of sp³-hybridized carbons (Fsp3) is 0.600. The van der Waals surface area contributed by atoms with Crippen molar-refractivity contribution in [1.82, 2.24) is 5.32 Å². The van der Waals surface area contributed by atoms with Crippen molar-refractivity contribution in [2.75, 3.05) is 12.9 Å². The first-order chi connectivity index (χ1) is 9.36. The molecule has 3 atom stereocenters. The molecule has 0 bridgehead atoms. The van der Waals surface area contributed by atoms with E-state index in [0.29, 0.717) is 17.0 Å². The quantitative estimate of drug-likeness (QED) is 0.926. The molecule has 2 rings (SSSR count). The van der Waals surface area contributed by atoms with E-state index in [2.05, 4.69) is 19.2 Å². The third-order valence-corrected chi connectivity index (χ3v) is 4.91. The maximum absolute atomic E-state index is 11.4. The van der Waals surface area contributed by atoms with Gasteiger partial charge >= 0.3 is 0 Å². The van der Waals surface area contributed by atoms with Crippen molar-refractivity contribution >= 4 is 9.84 Å². The summed E-state index contributed by atoms with van der Waals surface area (Å²) in [5, 5.41) is 3.59. The van der Waals surface area contributed by atoms with Crippen LogP contribution in [0.5, 0.6) is 0 Å². The summed E-state index contributed by atoms with van der Waals surface area (Å²) < 4.78 is 28.4. The molecule has 5 heteroatoms. The smallest absolute Gasteiger partial charge is 0.175 e. The first-order valence-corrected chi connectivity index (χ1v) is 8.93. The van der Waals surface area contributed by atoms with Gasteiger partial charge in [-0.1, -0.05) is 12.1 Å². The van der Waals surface area contributed by atoms with E-state index in [1.807, 2.05) is 12.1 Å². The van der Waals surface area contributed by atoms with Crippen LogP contribution in [-0.4, -0.2) is 33.4 Å². The van der Waals surface area contributed by atoms with Crippen LogP contribution in [0.25, 0.3) is 0 Å². The van der Waals surface area contributed by atoms with Crippen LogP contribution in [0, 0.1) is 0 Å². The Morgan fingerprint density at radius 3 is 2.50 bits per heavy atom. The molecular weight excluding hydrogens is 274 g/mol. The summed E-state index contributed by atoms with van der Waals surface area (Å²) in [6.45, 7) is 5.01. The highest BCUT2D eigenvalue weighted by atomic mass is 32.2. The summed E-state index contributed by atoms with van der Waals surface area (Å²) in [7, 11) is -3.12. The Hall–Kier alpha value is -0.910. The van der Waals surface area contributed by atoms with Gasteiger partial charge in [-0.25, -0.2) is 8.42 Å². The van der Waals surface area contributed by atoms with Gasteiger partial charge in [0.15, 0.2) is 9.84 Å². The minimum absolute atomic E-state index is 0.207. The van der Waals surface area contributed by atoms with Crippen molar-refractivity contribution in [1.29, 1.82) is 0 Å². The molecule has 1 aliphatic rings. The molecule has 3 unspecified atom stereocenters. The molecule has 1 aliphatic heterocycles. The van der Waals surface area contributed by atoms with Crippen molar-refractivity contribution in [2.45, 2.75) is 49.8 Å². The van der Waals surface area contributed by atoms with E-state index >= 15 is 0 Å². The zero-order valence-corrected chi connectivity index (χ0v) is 13.1. The number of benzene rings is 1. The Morgan fingerprint density at radius 1 is 1.30 bits per heavy atom. The molecule has 1 aromatic carbocycles. The van der Waals surface area contributed by atoms with Crippen LogP contribution in [0.3, 0.4) is 0 Å². The zero-order chi connectivity index (χ0) is 14.8. The van der Waals surface area contributed by atoms with E-state index in [1.54, 1.807) is 12.1 Å². The van der Waals surface area contributed by atoms with Crippen LogP contribution in [-0.2, 0) is 14.6 Å². The average molecular weight is 297 g/mol. The molecule has 1 saturated heterocycles. The van der Waals surface area contributed by atoms with Crippen LogP contribution < -0.4 is 5.32 Å². The highest BCUT2D eigenvalue weighted by Crippen LogP contribution is 2.20. The summed E-state index contributed by atoms with van der Waals surface area (Å²) in [5.74, 6) is 0. The number of hydrogen-bond acceptors (Lipinski definition) is 4. The van der Waals surface area contributed by atoms with Gasteiger partial charge in [0.1, 0.15) is 0 Å². The molecule has 0 saturated carbocycles. The minimum Gasteiger partial charge on any atom is -0.378 e. The Bertz CT molecular complexity index is 539. The molecule has 0 aliphatic carbocycles. The zero-order valence-electron chi connectivity index (χ0n) is 12.3. The Labute approximate surface area is 121 Å². The molecule has 0 radical (unpaired) electrons. The molecule has 1 N–H and O–H groups in total. The third-order valence-electron chi connectivity index (χ3n) is 3.78. The van der Waals surface area contributed by atoms with Gasteiger partial charge in [-0.3, -0.25) is 0 Å². The molecule has 1 fully saturated rings. The highest BCUT2D eigenvalue weighted by Gasteiger charge is 2.21. The van der Waals surface area contributed by atoms with Gasteiger partial charge in [0.25, 0.3) is 0 Å². The molecule has 1 aromatic rings. The third kappa shape index (κ3) is 4.04. The van der Waals surface area contributed by atoms with Gasteiger partial charge in [0.2, 0.25) is 0 Å². The summed E-state index contributed by atoms with van der Waals surface area (Å²) in [5.41, 5.74) is 1.11. The maximum atomic E-state index is 11.4. The first kappa shape index (κ1) is 15.5. The van der Waals surface area contributed by atoms with E-state index in [0.717, 1.165) is 25.0 Å². The molecule has 20 heavy (non-hydrogen) atoms. The Balaban J connectivity index is 2.00. The molecule has 0 aromatic heterocycles. The van der Waals surface area contributed by atoms with Gasteiger partial charge in [-0.15, -0.1) is 0 Å². The topological polar surface area (TPSA) is 55.4 Å². The van der Waals surface area contributed by atoms with Gasteiger partial charge in [0, 0.05) is 24.9 Å². The van der Waals surface area contributed by atoms with Crippen LogP contribution in [0.1, 0.15) is 38.3 Å². The normalized spacial score (nSPS) is 25.4. The fourth-order valence-corrected chi connectivity index (χ4v) is 3.23. The van der Waals surface area contributed by atoms with E-state index < -0.39 is 9.84 Å². The highest BCUT2D eigenvalue weighted by molar-refractivity contribution is 7.90. The molecule has 0 spiro atoms. The summed E-state index contributed by atoms with van der Waals surface area (Å²) in [6, 6.07) is 7.79. The molecule has 112 valence electrons. The standard InChI is InChI=1S/C15H23NO3S/c1-11-10-14(8-9-19-11)16-12(2)13-4-6-15(7-5-13)20(3,17)18/h4-7,11-12,14,16H,8-10H2,1-3H3. The van der Waals surface area contributed by atoms with E-state index in [-0.39, 0.29) is 6.04 Å². The van der Waals surface area contributed by atoms with Crippen molar-refractivity contribution in [2.24, 2.45) is 0 Å². The fourth-order valence-electron chi connectivity index (χ4n) is 2.60. The van der Waals surface area contributed by atoms with E-state index in [1.165, 1.54) is 6.26 Å². The van der Waals surface area contributed by atoms with Gasteiger partial charge in [0.05, 0.1) is 11.0 Å². The van der Waals surface area contributed by atoms with Crippen molar-refractivity contribution in [3.05, 3.63) is 29.8 Å². The lowest BCUT2D eigenvalue weighted by Crippen LogP contribution is -2.39. The number of hydrogen-bond donors (Lipinski definition) is 1. The largest absolute Gasteiger partial charge is 0.378 e. The number of nitrogens with one attached hydrogen (secondary N) is 1. The lowest BCUT2D eigenvalue weighted by Gasteiger charge is -2.30.